The van der Waals surface area contributed by atoms with E-state index < -0.39 is 5.60 Å². The lowest BCUT2D eigenvalue weighted by Gasteiger charge is -2.34. The molecule has 0 saturated carbocycles. The number of carbonyl (C=O) groups is 1. The van der Waals surface area contributed by atoms with E-state index in [0.29, 0.717) is 19.8 Å². The molecule has 5 nitrogen and oxygen atoms in total. The molecule has 118 valence electrons. The summed E-state index contributed by atoms with van der Waals surface area (Å²) in [5, 5.41) is 17.2. The third-order valence-corrected chi connectivity index (χ3v) is 4.45. The Kier molecular flexibility index (Phi) is 5.75. The molecule has 0 aromatic carbocycles. The summed E-state index contributed by atoms with van der Waals surface area (Å²) < 4.78 is 5.29. The van der Waals surface area contributed by atoms with Crippen molar-refractivity contribution >= 4 is 17.2 Å². The van der Waals surface area contributed by atoms with Gasteiger partial charge in [0.25, 0.3) is 0 Å². The molecule has 1 fully saturated rings. The summed E-state index contributed by atoms with van der Waals surface area (Å²) in [6, 6.07) is 1.96. The van der Waals surface area contributed by atoms with Gasteiger partial charge in [0.15, 0.2) is 0 Å². The lowest BCUT2D eigenvalue weighted by molar-refractivity contribution is -0.123. The van der Waals surface area contributed by atoms with Crippen LogP contribution in [0.5, 0.6) is 0 Å². The number of morpholine rings is 1. The van der Waals surface area contributed by atoms with E-state index in [4.69, 9.17) is 4.74 Å². The number of hydrogen-bond donors (Lipinski definition) is 2. The lowest BCUT2D eigenvalue weighted by atomic mass is 10.0. The van der Waals surface area contributed by atoms with Crippen molar-refractivity contribution in [2.24, 2.45) is 0 Å². The van der Waals surface area contributed by atoms with Gasteiger partial charge in [0.2, 0.25) is 5.91 Å². The van der Waals surface area contributed by atoms with E-state index in [2.05, 4.69) is 10.2 Å². The highest BCUT2D eigenvalue weighted by Gasteiger charge is 2.27. The Morgan fingerprint density at radius 2 is 2.29 bits per heavy atom. The maximum Gasteiger partial charge on any atom is 0.227 e. The summed E-state index contributed by atoms with van der Waals surface area (Å²) in [7, 11) is 0. The van der Waals surface area contributed by atoms with Gasteiger partial charge in [-0.2, -0.15) is 11.3 Å². The van der Waals surface area contributed by atoms with Gasteiger partial charge < -0.3 is 15.2 Å². The molecule has 2 atom stereocenters. The molecule has 2 N–H and O–H groups in total. The predicted octanol–water partition coefficient (Wildman–Crippen LogP) is 1.05. The average molecular weight is 312 g/mol. The predicted molar refractivity (Wildman–Crippen MR) is 83.6 cm³/mol. The van der Waals surface area contributed by atoms with E-state index in [1.54, 1.807) is 18.3 Å². The van der Waals surface area contributed by atoms with Gasteiger partial charge in [-0.05, 0) is 36.2 Å². The minimum Gasteiger partial charge on any atom is -0.387 e. The summed E-state index contributed by atoms with van der Waals surface area (Å²) in [5.41, 5.74) is 0.0896. The van der Waals surface area contributed by atoms with Crippen molar-refractivity contribution in [1.82, 2.24) is 10.2 Å². The van der Waals surface area contributed by atoms with Gasteiger partial charge in [-0.3, -0.25) is 9.69 Å². The molecule has 1 amide bonds. The zero-order valence-electron chi connectivity index (χ0n) is 12.7. The highest BCUT2D eigenvalue weighted by molar-refractivity contribution is 7.08. The van der Waals surface area contributed by atoms with E-state index in [-0.39, 0.29) is 18.4 Å². The first-order valence-electron chi connectivity index (χ1n) is 7.30. The Morgan fingerprint density at radius 3 is 2.90 bits per heavy atom. The summed E-state index contributed by atoms with van der Waals surface area (Å²) in [6.45, 7) is 7.52. The molecule has 1 aromatic heterocycles. The largest absolute Gasteiger partial charge is 0.387 e. The van der Waals surface area contributed by atoms with Crippen molar-refractivity contribution in [3.63, 3.8) is 0 Å². The minimum absolute atomic E-state index is 0.0457. The molecule has 0 spiro atoms. The van der Waals surface area contributed by atoms with Gasteiger partial charge in [0, 0.05) is 26.2 Å². The number of rotatable bonds is 6. The molecule has 1 saturated heterocycles. The minimum atomic E-state index is -0.929. The molecule has 6 heteroatoms. The molecule has 0 aliphatic carbocycles. The summed E-state index contributed by atoms with van der Waals surface area (Å²) in [4.78, 5) is 14.3. The van der Waals surface area contributed by atoms with E-state index in [9.17, 15) is 9.90 Å². The Bertz CT molecular complexity index is 442. The number of thiophene rings is 1. The number of amides is 1. The summed E-state index contributed by atoms with van der Waals surface area (Å²) in [5.74, 6) is -0.230. The van der Waals surface area contributed by atoms with Gasteiger partial charge in [0.1, 0.15) is 0 Å². The number of nitrogens with zero attached hydrogens (tertiary/aromatic N) is 1. The van der Waals surface area contributed by atoms with Gasteiger partial charge in [-0.1, -0.05) is 0 Å². The summed E-state index contributed by atoms with van der Waals surface area (Å²) in [6.07, 6.45) is 0. The molecular formula is C15H24N2O3S. The Morgan fingerprint density at radius 1 is 1.57 bits per heavy atom. The van der Waals surface area contributed by atoms with Crippen LogP contribution in [0.25, 0.3) is 0 Å². The lowest BCUT2D eigenvalue weighted by Crippen LogP contribution is -2.51. The second-order valence-electron chi connectivity index (χ2n) is 5.88. The topological polar surface area (TPSA) is 61.8 Å². The Hall–Kier alpha value is -0.950. The van der Waals surface area contributed by atoms with Gasteiger partial charge in [-0.15, -0.1) is 0 Å². The number of nitrogens with one attached hydrogen (secondary N) is 1. The first-order chi connectivity index (χ1) is 9.98. The van der Waals surface area contributed by atoms with Gasteiger partial charge >= 0.3 is 0 Å². The second kappa shape index (κ2) is 7.35. The van der Waals surface area contributed by atoms with Crippen LogP contribution >= 0.6 is 11.3 Å². The average Bonchev–Trinajstić information content (AvgIpc) is 2.99. The maximum atomic E-state index is 12.1. The van der Waals surface area contributed by atoms with Crippen LogP contribution in [0.4, 0.5) is 0 Å². The van der Waals surface area contributed by atoms with Crippen molar-refractivity contribution in [3.8, 4) is 0 Å². The molecule has 1 aliphatic heterocycles. The standard InChI is InChI=1S/C15H24N2O3S/c1-12(13-3-8-21-9-13)14(18)16-10-15(2,19)11-17-4-6-20-7-5-17/h3,8-9,12,19H,4-7,10-11H2,1-2H3,(H,16,18). The third kappa shape index (κ3) is 5.07. The molecule has 0 bridgehead atoms. The van der Waals surface area contributed by atoms with Gasteiger partial charge in [-0.25, -0.2) is 0 Å². The molecule has 2 unspecified atom stereocenters. The van der Waals surface area contributed by atoms with Crippen LogP contribution in [0.1, 0.15) is 25.3 Å². The normalized spacial score (nSPS) is 20.7. The molecule has 21 heavy (non-hydrogen) atoms. The molecule has 2 rings (SSSR count). The molecule has 0 radical (unpaired) electrons. The smallest absolute Gasteiger partial charge is 0.227 e. The zero-order valence-corrected chi connectivity index (χ0v) is 13.5. The molecule has 1 aromatic rings. The van der Waals surface area contributed by atoms with E-state index in [0.717, 1.165) is 18.7 Å². The van der Waals surface area contributed by atoms with Crippen molar-refractivity contribution in [1.29, 1.82) is 0 Å². The van der Waals surface area contributed by atoms with E-state index in [1.807, 2.05) is 23.8 Å². The van der Waals surface area contributed by atoms with Crippen LogP contribution in [0, 0.1) is 0 Å². The van der Waals surface area contributed by atoms with E-state index in [1.165, 1.54) is 0 Å². The van der Waals surface area contributed by atoms with Crippen molar-refractivity contribution in [2.75, 3.05) is 39.4 Å². The zero-order chi connectivity index (χ0) is 15.3. The monoisotopic (exact) mass is 312 g/mol. The fourth-order valence-corrected chi connectivity index (χ4v) is 3.15. The van der Waals surface area contributed by atoms with Crippen molar-refractivity contribution in [2.45, 2.75) is 25.4 Å². The Labute approximate surface area is 129 Å². The number of aliphatic hydroxyl groups is 1. The van der Waals surface area contributed by atoms with Crippen LogP contribution in [-0.2, 0) is 9.53 Å². The maximum absolute atomic E-state index is 12.1. The van der Waals surface area contributed by atoms with Crippen LogP contribution in [-0.4, -0.2) is 60.9 Å². The van der Waals surface area contributed by atoms with Crippen molar-refractivity contribution < 1.29 is 14.6 Å². The van der Waals surface area contributed by atoms with Crippen LogP contribution < -0.4 is 5.32 Å². The summed E-state index contributed by atoms with van der Waals surface area (Å²) >= 11 is 1.58. The number of hydrogen-bond acceptors (Lipinski definition) is 5. The SMILES string of the molecule is CC(C(=O)NCC(C)(O)CN1CCOCC1)c1ccsc1. The van der Waals surface area contributed by atoms with Gasteiger partial charge in [0.05, 0.1) is 24.7 Å². The van der Waals surface area contributed by atoms with Crippen LogP contribution in [0.2, 0.25) is 0 Å². The number of carbonyl (C=O) groups excluding carboxylic acids is 1. The molecular weight excluding hydrogens is 288 g/mol. The van der Waals surface area contributed by atoms with Crippen LogP contribution in [0.3, 0.4) is 0 Å². The van der Waals surface area contributed by atoms with Crippen molar-refractivity contribution in [3.05, 3.63) is 22.4 Å². The first kappa shape index (κ1) is 16.4. The fraction of sp³-hybridized carbons (Fsp3) is 0.667. The highest BCUT2D eigenvalue weighted by Crippen LogP contribution is 2.18. The quantitative estimate of drug-likeness (QED) is 0.824. The number of β-amino-alcohol motifs (C(OH)–C–C–N with tert-alkyl or cyclic N) is 1. The van der Waals surface area contributed by atoms with Crippen LogP contribution in [0.15, 0.2) is 16.8 Å². The first-order valence-corrected chi connectivity index (χ1v) is 8.24. The third-order valence-electron chi connectivity index (χ3n) is 3.75. The molecule has 2 heterocycles. The second-order valence-corrected chi connectivity index (χ2v) is 6.66. The highest BCUT2D eigenvalue weighted by atomic mass is 32.1. The number of ether oxygens (including phenoxy) is 1. The molecule has 1 aliphatic rings. The Balaban J connectivity index is 1.78. The fourth-order valence-electron chi connectivity index (χ4n) is 2.40. The van der Waals surface area contributed by atoms with E-state index >= 15 is 0 Å².